The first-order valence-electron chi connectivity index (χ1n) is 14.3. The second-order valence-electron chi connectivity index (χ2n) is 14.1. The fourth-order valence-electron chi connectivity index (χ4n) is 5.43. The van der Waals surface area contributed by atoms with Gasteiger partial charge in [0.15, 0.2) is 31.4 Å². The molecule has 2 atom stereocenters. The minimum absolute atomic E-state index is 0.0607. The van der Waals surface area contributed by atoms with Crippen LogP contribution in [-0.2, 0) is 4.43 Å². The summed E-state index contributed by atoms with van der Waals surface area (Å²) in [6.07, 6.45) is 1.65. The van der Waals surface area contributed by atoms with Gasteiger partial charge >= 0.3 is 0 Å². The van der Waals surface area contributed by atoms with Crippen molar-refractivity contribution >= 4 is 38.4 Å². The highest BCUT2D eigenvalue weighted by atomic mass is 28.4. The third-order valence-electron chi connectivity index (χ3n) is 8.96. The van der Waals surface area contributed by atoms with E-state index >= 15 is 8.78 Å². The van der Waals surface area contributed by atoms with Crippen molar-refractivity contribution in [3.8, 4) is 11.4 Å². The van der Waals surface area contributed by atoms with Gasteiger partial charge in [0, 0.05) is 36.4 Å². The number of hydrogen-bond acceptors (Lipinski definition) is 6. The number of aromatic nitrogens is 4. The maximum absolute atomic E-state index is 16.7. The van der Waals surface area contributed by atoms with Gasteiger partial charge in [-0.15, -0.1) is 0 Å². The van der Waals surface area contributed by atoms with E-state index in [4.69, 9.17) is 9.41 Å². The Bertz CT molecular complexity index is 1380. The Labute approximate surface area is 239 Å². The zero-order chi connectivity index (χ0) is 29.8. The first kappa shape index (κ1) is 30.7. The highest BCUT2D eigenvalue weighted by Crippen LogP contribution is 2.40. The Hall–Kier alpha value is -2.22. The highest BCUT2D eigenvalue weighted by Gasteiger charge is 2.46. The molecule has 0 aromatic carbocycles. The van der Waals surface area contributed by atoms with E-state index < -0.39 is 33.6 Å². The number of nitrogens with zero attached hydrogens (tertiary/aromatic N) is 4. The normalized spacial score (nSPS) is 18.9. The van der Waals surface area contributed by atoms with E-state index in [1.165, 1.54) is 0 Å². The van der Waals surface area contributed by atoms with E-state index in [0.717, 1.165) is 0 Å². The van der Waals surface area contributed by atoms with Crippen LogP contribution >= 0.6 is 0 Å². The molecular weight excluding hydrogens is 543 g/mol. The number of halogens is 2. The van der Waals surface area contributed by atoms with E-state index in [1.807, 2.05) is 24.1 Å². The quantitative estimate of drug-likeness (QED) is 0.327. The minimum atomic E-state index is -2.68. The Morgan fingerprint density at radius 1 is 1.05 bits per heavy atom. The zero-order valence-electron chi connectivity index (χ0n) is 26.0. The van der Waals surface area contributed by atoms with Gasteiger partial charge in [-0.1, -0.05) is 47.7 Å². The predicted octanol–water partition coefficient (Wildman–Crippen LogP) is 6.06. The number of H-pyrrole nitrogens is 1. The average molecular weight is 589 g/mol. The largest absolute Gasteiger partial charge is 0.411 e. The Morgan fingerprint density at radius 3 is 2.33 bits per heavy atom. The zero-order valence-corrected chi connectivity index (χ0v) is 28.0. The van der Waals surface area contributed by atoms with Crippen LogP contribution in [0.4, 0.5) is 14.6 Å². The summed E-state index contributed by atoms with van der Waals surface area (Å²) in [6, 6.07) is 3.55. The summed E-state index contributed by atoms with van der Waals surface area (Å²) in [6.45, 7) is 25.0. The molecule has 1 aliphatic heterocycles. The molecule has 11 heteroatoms. The molecule has 3 aromatic heterocycles. The summed E-state index contributed by atoms with van der Waals surface area (Å²) in [5.74, 6) is -0.763. The number of piperazine rings is 1. The molecule has 2 N–H and O–H groups in total. The highest BCUT2D eigenvalue weighted by molar-refractivity contribution is 6.92. The SMILES string of the molecule is CC(C)[C@](C)(O[Si](C)(C)C)[C@@H]1CN(c2nc(-c3n[nH]c4ncccc34)c(F)c([Si](C)(C)C(C)(C)C)c2F)CCN1. The van der Waals surface area contributed by atoms with Crippen LogP contribution in [0.15, 0.2) is 18.3 Å². The standard InChI is InChI=1S/C29H46F2N6OSi2/c1-18(2)29(6,38-39(7,8)9)20-17-37(16-15-32-20)27-22(31)25(40(10,11)28(3,4)5)21(30)24(34-27)23-19-13-12-14-33-26(19)36-35-23/h12-14,18,20,32H,15-17H2,1-11H3,(H,33,35,36)/t20-,29-/m0/s1. The van der Waals surface area contributed by atoms with E-state index in [-0.39, 0.29) is 33.7 Å². The van der Waals surface area contributed by atoms with Gasteiger partial charge in [-0.2, -0.15) is 5.10 Å². The lowest BCUT2D eigenvalue weighted by atomic mass is 9.84. The lowest BCUT2D eigenvalue weighted by Gasteiger charge is -2.49. The molecule has 1 aliphatic rings. The van der Waals surface area contributed by atoms with E-state index in [1.54, 1.807) is 12.3 Å². The Balaban J connectivity index is 1.91. The molecule has 4 rings (SSSR count). The van der Waals surface area contributed by atoms with Crippen molar-refractivity contribution in [1.82, 2.24) is 25.5 Å². The topological polar surface area (TPSA) is 79.0 Å². The number of aromatic amines is 1. The molecule has 1 saturated heterocycles. The third kappa shape index (κ3) is 5.49. The van der Waals surface area contributed by atoms with Crippen LogP contribution in [0.1, 0.15) is 41.5 Å². The summed E-state index contributed by atoms with van der Waals surface area (Å²) >= 11 is 0. The van der Waals surface area contributed by atoms with Crippen molar-refractivity contribution < 1.29 is 13.2 Å². The number of hydrogen-bond donors (Lipinski definition) is 2. The second kappa shape index (κ2) is 10.6. The number of rotatable bonds is 7. The van der Waals surface area contributed by atoms with Gasteiger partial charge in [0.1, 0.15) is 11.4 Å². The lowest BCUT2D eigenvalue weighted by molar-refractivity contribution is -0.00565. The van der Waals surface area contributed by atoms with Crippen molar-refractivity contribution in [2.75, 3.05) is 24.5 Å². The first-order chi connectivity index (χ1) is 18.4. The predicted molar refractivity (Wildman–Crippen MR) is 166 cm³/mol. The smallest absolute Gasteiger partial charge is 0.184 e. The molecular formula is C29H46F2N6OSi2. The monoisotopic (exact) mass is 588 g/mol. The van der Waals surface area contributed by atoms with E-state index in [9.17, 15) is 0 Å². The Kier molecular flexibility index (Phi) is 8.11. The van der Waals surface area contributed by atoms with Crippen LogP contribution in [0.2, 0.25) is 37.8 Å². The van der Waals surface area contributed by atoms with Crippen LogP contribution in [0.3, 0.4) is 0 Å². The Morgan fingerprint density at radius 2 is 1.73 bits per heavy atom. The minimum Gasteiger partial charge on any atom is -0.411 e. The number of anilines is 1. The van der Waals surface area contributed by atoms with Crippen molar-refractivity contribution in [3.63, 3.8) is 0 Å². The molecule has 0 radical (unpaired) electrons. The molecule has 3 aromatic rings. The lowest BCUT2D eigenvalue weighted by Crippen LogP contribution is -2.65. The van der Waals surface area contributed by atoms with E-state index in [2.05, 4.69) is 81.7 Å². The summed E-state index contributed by atoms with van der Waals surface area (Å²) in [7, 11) is -4.58. The summed E-state index contributed by atoms with van der Waals surface area (Å²) < 4.78 is 40.1. The maximum Gasteiger partial charge on any atom is 0.184 e. The van der Waals surface area contributed by atoms with Crippen molar-refractivity contribution in [1.29, 1.82) is 0 Å². The molecule has 220 valence electrons. The van der Waals surface area contributed by atoms with Crippen molar-refractivity contribution in [2.24, 2.45) is 5.92 Å². The molecule has 0 aliphatic carbocycles. The van der Waals surface area contributed by atoms with Crippen LogP contribution in [0.5, 0.6) is 0 Å². The van der Waals surface area contributed by atoms with Gasteiger partial charge in [-0.25, -0.2) is 18.7 Å². The van der Waals surface area contributed by atoms with Gasteiger partial charge in [-0.3, -0.25) is 5.10 Å². The van der Waals surface area contributed by atoms with Crippen molar-refractivity contribution in [2.45, 2.75) is 91.0 Å². The van der Waals surface area contributed by atoms with Gasteiger partial charge in [0.05, 0.1) is 19.7 Å². The average Bonchev–Trinajstić information content (AvgIpc) is 3.26. The van der Waals surface area contributed by atoms with Gasteiger partial charge < -0.3 is 14.6 Å². The first-order valence-corrected chi connectivity index (χ1v) is 20.7. The molecule has 40 heavy (non-hydrogen) atoms. The molecule has 0 bridgehead atoms. The number of pyridine rings is 2. The van der Waals surface area contributed by atoms with Crippen LogP contribution < -0.4 is 15.4 Å². The summed E-state index contributed by atoms with van der Waals surface area (Å²) in [5, 5.41) is 11.5. The molecule has 0 unspecified atom stereocenters. The molecule has 7 nitrogen and oxygen atoms in total. The van der Waals surface area contributed by atoms with Gasteiger partial charge in [-0.05, 0) is 49.7 Å². The summed E-state index contributed by atoms with van der Waals surface area (Å²) in [4.78, 5) is 11.0. The van der Waals surface area contributed by atoms with Crippen LogP contribution in [-0.4, -0.2) is 67.8 Å². The van der Waals surface area contributed by atoms with Crippen LogP contribution in [0.25, 0.3) is 22.4 Å². The maximum atomic E-state index is 16.7. The second-order valence-corrected chi connectivity index (χ2v) is 23.8. The molecule has 4 heterocycles. The summed E-state index contributed by atoms with van der Waals surface area (Å²) in [5.41, 5.74) is 0.490. The third-order valence-corrected chi connectivity index (χ3v) is 15.5. The van der Waals surface area contributed by atoms with Crippen molar-refractivity contribution in [3.05, 3.63) is 30.0 Å². The molecule has 0 saturated carbocycles. The van der Waals surface area contributed by atoms with Gasteiger partial charge in [0.25, 0.3) is 0 Å². The number of fused-ring (bicyclic) bond motifs is 1. The fraction of sp³-hybridized carbons (Fsp3) is 0.621. The molecule has 0 amide bonds. The number of nitrogens with one attached hydrogen (secondary N) is 2. The van der Waals surface area contributed by atoms with E-state index in [0.29, 0.717) is 36.4 Å². The van der Waals surface area contributed by atoms with Gasteiger partial charge in [0.2, 0.25) is 0 Å². The fourth-order valence-corrected chi connectivity index (χ4v) is 9.21. The molecule has 0 spiro atoms. The molecule has 1 fully saturated rings. The van der Waals surface area contributed by atoms with Crippen LogP contribution in [0, 0.1) is 17.6 Å².